The number of benzene rings is 2. The third-order valence-electron chi connectivity index (χ3n) is 6.40. The summed E-state index contributed by atoms with van der Waals surface area (Å²) in [5, 5.41) is 2.22. The summed E-state index contributed by atoms with van der Waals surface area (Å²) < 4.78 is 6.28. The Morgan fingerprint density at radius 3 is 2.61 bits per heavy atom. The van der Waals surface area contributed by atoms with Crippen LogP contribution in [0.25, 0.3) is 22.1 Å². The number of hydrogen-bond donors (Lipinski definition) is 0. The molecule has 0 radical (unpaired) electrons. The highest BCUT2D eigenvalue weighted by Crippen LogP contribution is 2.47. The van der Waals surface area contributed by atoms with Crippen molar-refractivity contribution in [2.24, 2.45) is 0 Å². The number of furan rings is 1. The molecule has 0 bridgehead atoms. The number of hydrogen-bond acceptors (Lipinski definition) is 4. The van der Waals surface area contributed by atoms with Crippen molar-refractivity contribution < 1.29 is 4.42 Å². The predicted molar refractivity (Wildman–Crippen MR) is 114 cm³/mol. The second-order valence-electron chi connectivity index (χ2n) is 8.03. The van der Waals surface area contributed by atoms with Crippen LogP contribution in [0.4, 0.5) is 17.1 Å². The number of aromatic nitrogens is 1. The molecular formula is C24H23N3O. The maximum atomic E-state index is 6.28. The molecule has 3 heterocycles. The van der Waals surface area contributed by atoms with Crippen LogP contribution in [-0.4, -0.2) is 17.7 Å². The van der Waals surface area contributed by atoms with Gasteiger partial charge in [-0.05, 0) is 49.6 Å². The molecule has 0 saturated heterocycles. The SMILES string of the molecule is Cc1ccc2c(oc3ncccc32)c1N1CN(C2CCCC2)c2ccccc21. The van der Waals surface area contributed by atoms with Gasteiger partial charge in [-0.25, -0.2) is 4.98 Å². The Labute approximate surface area is 164 Å². The summed E-state index contributed by atoms with van der Waals surface area (Å²) in [6.45, 7) is 3.06. The summed E-state index contributed by atoms with van der Waals surface area (Å²) in [6, 6.07) is 17.9. The maximum Gasteiger partial charge on any atom is 0.227 e. The lowest BCUT2D eigenvalue weighted by Crippen LogP contribution is -2.35. The standard InChI is InChI=1S/C24H23N3O/c1-16-12-13-18-19-9-6-14-25-24(19)28-23(18)22(16)27-15-26(17-7-2-3-8-17)20-10-4-5-11-21(20)27/h4-6,9-14,17H,2-3,7-8,15H2,1H3. The first-order valence-electron chi connectivity index (χ1n) is 10.2. The first-order chi connectivity index (χ1) is 13.8. The molecule has 1 saturated carbocycles. The summed E-state index contributed by atoms with van der Waals surface area (Å²) in [7, 11) is 0. The molecular weight excluding hydrogens is 346 g/mol. The van der Waals surface area contributed by atoms with Crippen LogP contribution >= 0.6 is 0 Å². The zero-order chi connectivity index (χ0) is 18.7. The van der Waals surface area contributed by atoms with Crippen LogP contribution in [0, 0.1) is 6.92 Å². The molecule has 4 aromatic rings. The van der Waals surface area contributed by atoms with Gasteiger partial charge in [0.15, 0.2) is 5.58 Å². The number of para-hydroxylation sites is 2. The van der Waals surface area contributed by atoms with E-state index in [0.29, 0.717) is 11.8 Å². The van der Waals surface area contributed by atoms with Gasteiger partial charge >= 0.3 is 0 Å². The fourth-order valence-electron chi connectivity index (χ4n) is 5.05. The molecule has 1 aliphatic carbocycles. The summed E-state index contributed by atoms with van der Waals surface area (Å²) >= 11 is 0. The Morgan fingerprint density at radius 1 is 0.929 bits per heavy atom. The molecule has 1 aliphatic heterocycles. The second kappa shape index (κ2) is 5.99. The van der Waals surface area contributed by atoms with Crippen LogP contribution in [0.15, 0.2) is 59.1 Å². The molecule has 4 heteroatoms. The first-order valence-corrected chi connectivity index (χ1v) is 10.2. The Hall–Kier alpha value is -3.01. The van der Waals surface area contributed by atoms with Gasteiger partial charge in [0.25, 0.3) is 0 Å². The lowest BCUT2D eigenvalue weighted by molar-refractivity contribution is 0.622. The molecule has 2 aliphatic rings. The Balaban J connectivity index is 1.56. The Kier molecular flexibility index (Phi) is 3.42. The first kappa shape index (κ1) is 16.0. The molecule has 0 spiro atoms. The molecule has 0 amide bonds. The third-order valence-corrected chi connectivity index (χ3v) is 6.40. The summed E-state index contributed by atoms with van der Waals surface area (Å²) in [5.41, 5.74) is 6.68. The monoisotopic (exact) mass is 369 g/mol. The van der Waals surface area contributed by atoms with Gasteiger partial charge in [0.1, 0.15) is 0 Å². The molecule has 1 fully saturated rings. The van der Waals surface area contributed by atoms with Gasteiger partial charge in [0.2, 0.25) is 5.71 Å². The van der Waals surface area contributed by atoms with Crippen molar-refractivity contribution in [3.8, 4) is 0 Å². The summed E-state index contributed by atoms with van der Waals surface area (Å²) in [6.07, 6.45) is 7.06. The van der Waals surface area contributed by atoms with E-state index >= 15 is 0 Å². The molecule has 6 rings (SSSR count). The van der Waals surface area contributed by atoms with E-state index in [9.17, 15) is 0 Å². The van der Waals surface area contributed by atoms with Crippen molar-refractivity contribution in [2.75, 3.05) is 16.5 Å². The Morgan fingerprint density at radius 2 is 1.75 bits per heavy atom. The van der Waals surface area contributed by atoms with Gasteiger partial charge < -0.3 is 14.2 Å². The summed E-state index contributed by atoms with van der Waals surface area (Å²) in [5.74, 6) is 0. The van der Waals surface area contributed by atoms with Crippen LogP contribution in [0.2, 0.25) is 0 Å². The van der Waals surface area contributed by atoms with Gasteiger partial charge in [0, 0.05) is 23.0 Å². The van der Waals surface area contributed by atoms with Gasteiger partial charge in [-0.15, -0.1) is 0 Å². The van der Waals surface area contributed by atoms with Gasteiger partial charge in [-0.2, -0.15) is 0 Å². The highest BCUT2D eigenvalue weighted by Gasteiger charge is 2.34. The molecule has 0 unspecified atom stereocenters. The zero-order valence-corrected chi connectivity index (χ0v) is 16.1. The molecule has 140 valence electrons. The highest BCUT2D eigenvalue weighted by molar-refractivity contribution is 6.09. The minimum absolute atomic E-state index is 0.642. The topological polar surface area (TPSA) is 32.5 Å². The minimum atomic E-state index is 0.642. The number of fused-ring (bicyclic) bond motifs is 4. The number of pyridine rings is 1. The van der Waals surface area contributed by atoms with Crippen molar-refractivity contribution in [1.29, 1.82) is 0 Å². The smallest absolute Gasteiger partial charge is 0.227 e. The molecule has 2 aromatic heterocycles. The van der Waals surface area contributed by atoms with E-state index in [4.69, 9.17) is 4.42 Å². The van der Waals surface area contributed by atoms with Crippen molar-refractivity contribution in [2.45, 2.75) is 38.6 Å². The molecule has 2 aromatic carbocycles. The fraction of sp³-hybridized carbons (Fsp3) is 0.292. The van der Waals surface area contributed by atoms with Crippen molar-refractivity contribution in [3.05, 3.63) is 60.3 Å². The molecule has 0 N–H and O–H groups in total. The predicted octanol–water partition coefficient (Wildman–Crippen LogP) is 6.15. The average molecular weight is 369 g/mol. The van der Waals surface area contributed by atoms with E-state index in [0.717, 1.165) is 23.0 Å². The van der Waals surface area contributed by atoms with E-state index in [1.54, 1.807) is 6.20 Å². The number of nitrogens with zero attached hydrogens (tertiary/aromatic N) is 3. The molecule has 0 atom stereocenters. The van der Waals surface area contributed by atoms with Crippen LogP contribution < -0.4 is 9.80 Å². The average Bonchev–Trinajstić information content (AvgIpc) is 3.45. The van der Waals surface area contributed by atoms with Crippen molar-refractivity contribution >= 4 is 39.1 Å². The lowest BCUT2D eigenvalue weighted by Gasteiger charge is -2.28. The van der Waals surface area contributed by atoms with Gasteiger partial charge in [-0.1, -0.05) is 37.1 Å². The van der Waals surface area contributed by atoms with Crippen molar-refractivity contribution in [1.82, 2.24) is 4.98 Å². The van der Waals surface area contributed by atoms with E-state index < -0.39 is 0 Å². The zero-order valence-electron chi connectivity index (χ0n) is 16.1. The Bertz CT molecular complexity index is 1190. The van der Waals surface area contributed by atoms with E-state index in [1.165, 1.54) is 48.3 Å². The molecule has 4 nitrogen and oxygen atoms in total. The molecule has 28 heavy (non-hydrogen) atoms. The van der Waals surface area contributed by atoms with Gasteiger partial charge in [0.05, 0.1) is 23.7 Å². The van der Waals surface area contributed by atoms with E-state index in [2.05, 4.69) is 64.2 Å². The van der Waals surface area contributed by atoms with Gasteiger partial charge in [-0.3, -0.25) is 0 Å². The normalized spacial score (nSPS) is 17.2. The largest absolute Gasteiger partial charge is 0.435 e. The number of anilines is 3. The van der Waals surface area contributed by atoms with E-state index in [-0.39, 0.29) is 0 Å². The third kappa shape index (κ3) is 2.21. The quantitative estimate of drug-likeness (QED) is 0.424. The van der Waals surface area contributed by atoms with Crippen LogP contribution in [-0.2, 0) is 0 Å². The van der Waals surface area contributed by atoms with Crippen molar-refractivity contribution in [3.63, 3.8) is 0 Å². The number of aryl methyl sites for hydroxylation is 1. The van der Waals surface area contributed by atoms with E-state index in [1.807, 2.05) is 6.07 Å². The van der Waals surface area contributed by atoms with Crippen LogP contribution in [0.5, 0.6) is 0 Å². The number of rotatable bonds is 2. The lowest BCUT2D eigenvalue weighted by atomic mass is 10.1. The summed E-state index contributed by atoms with van der Waals surface area (Å²) in [4.78, 5) is 9.48. The second-order valence-corrected chi connectivity index (χ2v) is 8.03. The van der Waals surface area contributed by atoms with Crippen LogP contribution in [0.1, 0.15) is 31.2 Å². The minimum Gasteiger partial charge on any atom is -0.435 e. The maximum absolute atomic E-state index is 6.28. The van der Waals surface area contributed by atoms with Crippen LogP contribution in [0.3, 0.4) is 0 Å². The highest BCUT2D eigenvalue weighted by atomic mass is 16.3. The fourth-order valence-corrected chi connectivity index (χ4v) is 5.05.